The number of nitrogens with one attached hydrogen (secondary N) is 1. The lowest BCUT2D eigenvalue weighted by Crippen LogP contribution is -2.22. The van der Waals surface area contributed by atoms with Gasteiger partial charge in [-0.05, 0) is 44.6 Å². The van der Waals surface area contributed by atoms with Crippen molar-refractivity contribution in [3.63, 3.8) is 0 Å². The molecule has 0 aliphatic carbocycles. The van der Waals surface area contributed by atoms with E-state index in [2.05, 4.69) is 19.2 Å². The highest BCUT2D eigenvalue weighted by Gasteiger charge is 2.23. The van der Waals surface area contributed by atoms with Crippen LogP contribution in [0.1, 0.15) is 254 Å². The molecule has 0 spiro atoms. The van der Waals surface area contributed by atoms with E-state index in [9.17, 15) is 13.9 Å². The summed E-state index contributed by atoms with van der Waals surface area (Å²) >= 11 is 0. The first-order valence-electron chi connectivity index (χ1n) is 23.8. The predicted octanol–water partition coefficient (Wildman–Crippen LogP) is 16.3. The Kier molecular flexibility index (Phi) is 35.6. The van der Waals surface area contributed by atoms with Crippen LogP contribution >= 0.6 is 7.91 Å². The van der Waals surface area contributed by atoms with Crippen molar-refractivity contribution in [2.75, 3.05) is 32.5 Å². The number of Topliss-reactive ketones (excluding diaryl/α,β-unsaturated/α-hetero) is 1. The van der Waals surface area contributed by atoms with E-state index in [-0.39, 0.29) is 5.78 Å². The molecule has 1 aromatic rings. The Morgan fingerprint density at radius 2 is 0.927 bits per heavy atom. The normalized spacial score (nSPS) is 12.1. The number of hydrogen-bond acceptors (Lipinski definition) is 6. The maximum Gasteiger partial charge on any atom is 0.468 e. The van der Waals surface area contributed by atoms with Crippen molar-refractivity contribution in [2.45, 2.75) is 238 Å². The lowest BCUT2D eigenvalue weighted by molar-refractivity contribution is 0.0970. The Labute approximate surface area is 341 Å². The number of unbranched alkanes of at least 4 members (excludes halogenated alkanes) is 31. The topological polar surface area (TPSA) is 75.7 Å². The van der Waals surface area contributed by atoms with Gasteiger partial charge in [0, 0.05) is 30.8 Å². The fourth-order valence-corrected chi connectivity index (χ4v) is 8.25. The first-order chi connectivity index (χ1) is 26.9. The van der Waals surface area contributed by atoms with E-state index in [0.29, 0.717) is 24.1 Å². The highest BCUT2D eigenvalue weighted by molar-refractivity contribution is 7.24. The number of anilines is 1. The summed E-state index contributed by atoms with van der Waals surface area (Å²) in [5.74, 6) is 0.0787. The lowest BCUT2D eigenvalue weighted by Gasteiger charge is -2.22. The number of hydrogen-bond donors (Lipinski definition) is 1. The lowest BCUT2D eigenvalue weighted by atomic mass is 9.95. The van der Waals surface area contributed by atoms with Gasteiger partial charge in [0.05, 0.1) is 0 Å². The summed E-state index contributed by atoms with van der Waals surface area (Å²) in [4.78, 5) is 15.5. The van der Waals surface area contributed by atoms with Gasteiger partial charge in [-0.2, -0.15) is 0 Å². The molecule has 1 unspecified atom stereocenters. The van der Waals surface area contributed by atoms with Crippen molar-refractivity contribution in [3.8, 4) is 0 Å². The number of carbonyl (C=O) groups excluding carboxylic acids is 1. The van der Waals surface area contributed by atoms with Gasteiger partial charge < -0.3 is 10.2 Å². The summed E-state index contributed by atoms with van der Waals surface area (Å²) in [5.41, 5.74) is 2.18. The van der Waals surface area contributed by atoms with E-state index in [4.69, 9.17) is 4.52 Å². The molecule has 55 heavy (non-hydrogen) atoms. The van der Waals surface area contributed by atoms with Gasteiger partial charge in [0.1, 0.15) is 6.10 Å². The predicted molar refractivity (Wildman–Crippen MR) is 238 cm³/mol. The van der Waals surface area contributed by atoms with Crippen LogP contribution in [0, 0.1) is 0 Å². The molecule has 0 heterocycles. The zero-order chi connectivity index (χ0) is 40.0. The number of ketones is 1. The summed E-state index contributed by atoms with van der Waals surface area (Å²) in [5, 5.41) is 3.54. The smallest absolute Gasteiger partial charge is 0.385 e. The Balaban J connectivity index is 2.35. The molecule has 1 N–H and O–H groups in total. The molecule has 0 aromatic heterocycles. The second kappa shape index (κ2) is 38.1. The van der Waals surface area contributed by atoms with Crippen LogP contribution in [0.5, 0.6) is 0 Å². The summed E-state index contributed by atoms with van der Waals surface area (Å²) in [7, 11) is 0.735. The van der Waals surface area contributed by atoms with Crippen LogP contribution in [0.25, 0.3) is 0 Å². The maximum absolute atomic E-state index is 13.6. The van der Waals surface area contributed by atoms with Crippen molar-refractivity contribution in [2.24, 2.45) is 0 Å². The van der Waals surface area contributed by atoms with Gasteiger partial charge in [-0.15, -0.1) is 0 Å². The van der Waals surface area contributed by atoms with Crippen molar-refractivity contribution >= 4 is 19.4 Å². The fourth-order valence-electron chi connectivity index (χ4n) is 7.86. The van der Waals surface area contributed by atoms with Gasteiger partial charge in [-0.25, -0.2) is 9.13 Å². The van der Waals surface area contributed by atoms with Gasteiger partial charge >= 0.3 is 7.91 Å². The Bertz CT molecular complexity index is 1080. The van der Waals surface area contributed by atoms with Gasteiger partial charge in [-0.3, -0.25) is 9.32 Å². The molecule has 0 aliphatic rings. The van der Waals surface area contributed by atoms with Crippen molar-refractivity contribution < 1.29 is 18.4 Å². The molecule has 320 valence electrons. The standard InChI is InChI=1S/C48H89N2O4P/c1-5-7-9-11-13-15-17-19-21-22-23-25-27-29-31-33-35-37-41-49-44-39-40-45(48(43-50(3)4)54-55(52)53)46(42-44)47(51)38-36-34-32-30-28-26-24-20-18-16-14-12-10-8-6-2/h39-40,42,48-49H,5-38,41,43H2,1-4H3. The van der Waals surface area contributed by atoms with Gasteiger partial charge in [0.25, 0.3) is 0 Å². The molecule has 0 aliphatic heterocycles. The summed E-state index contributed by atoms with van der Waals surface area (Å²) < 4.78 is 28.6. The highest BCUT2D eigenvalue weighted by atomic mass is 31.1. The monoisotopic (exact) mass is 789 g/mol. The second-order valence-corrected chi connectivity index (χ2v) is 17.6. The van der Waals surface area contributed by atoms with E-state index in [0.717, 1.165) is 31.5 Å². The van der Waals surface area contributed by atoms with Gasteiger partial charge in [-0.1, -0.05) is 219 Å². The third-order valence-corrected chi connectivity index (χ3v) is 11.7. The molecule has 0 bridgehead atoms. The molecule has 0 fully saturated rings. The Morgan fingerprint density at radius 3 is 1.29 bits per heavy atom. The minimum atomic E-state index is -3.04. The molecule has 0 saturated carbocycles. The quantitative estimate of drug-likeness (QED) is 0.0404. The number of nitrogens with zero attached hydrogens (tertiary/aromatic N) is 1. The van der Waals surface area contributed by atoms with E-state index >= 15 is 0 Å². The largest absolute Gasteiger partial charge is 0.468 e. The van der Waals surface area contributed by atoms with Crippen LogP contribution in [0.15, 0.2) is 18.2 Å². The maximum atomic E-state index is 13.6. The molecule has 1 aromatic carbocycles. The molecule has 0 saturated heterocycles. The zero-order valence-corrected chi connectivity index (χ0v) is 37.7. The third kappa shape index (κ3) is 31.2. The van der Waals surface area contributed by atoms with Crippen molar-refractivity contribution in [3.05, 3.63) is 29.3 Å². The van der Waals surface area contributed by atoms with E-state index in [1.807, 2.05) is 37.2 Å². The van der Waals surface area contributed by atoms with Gasteiger partial charge in [0.15, 0.2) is 5.78 Å². The molecule has 1 atom stereocenters. The number of carbonyl (C=O) groups is 1. The average molecular weight is 789 g/mol. The van der Waals surface area contributed by atoms with Crippen LogP contribution in [0.2, 0.25) is 0 Å². The second-order valence-electron chi connectivity index (χ2n) is 16.9. The Hall–Kier alpha value is -1.49. The molecule has 7 heteroatoms. The van der Waals surface area contributed by atoms with Crippen molar-refractivity contribution in [1.82, 2.24) is 4.90 Å². The minimum absolute atomic E-state index is 0.0787. The summed E-state index contributed by atoms with van der Waals surface area (Å²) in [6.07, 6.45) is 43.8. The van der Waals surface area contributed by atoms with Crippen LogP contribution in [-0.2, 0) is 13.7 Å². The number of benzene rings is 1. The van der Waals surface area contributed by atoms with Crippen LogP contribution in [-0.4, -0.2) is 37.9 Å². The van der Waals surface area contributed by atoms with E-state index in [1.54, 1.807) is 0 Å². The van der Waals surface area contributed by atoms with E-state index < -0.39 is 14.0 Å². The third-order valence-electron chi connectivity index (χ3n) is 11.3. The number of rotatable bonds is 42. The molecule has 0 amide bonds. The molecule has 0 radical (unpaired) electrons. The van der Waals surface area contributed by atoms with E-state index in [1.165, 1.54) is 193 Å². The van der Waals surface area contributed by atoms with Crippen LogP contribution in [0.3, 0.4) is 0 Å². The summed E-state index contributed by atoms with van der Waals surface area (Å²) in [6.45, 7) is 5.82. The molecule has 6 nitrogen and oxygen atoms in total. The molecular formula is C48H89N2O4P. The molecular weight excluding hydrogens is 700 g/mol. The van der Waals surface area contributed by atoms with Crippen LogP contribution < -0.4 is 5.32 Å². The first kappa shape index (κ1) is 51.5. The van der Waals surface area contributed by atoms with Crippen molar-refractivity contribution in [1.29, 1.82) is 0 Å². The molecule has 1 rings (SSSR count). The summed E-state index contributed by atoms with van der Waals surface area (Å²) in [6, 6.07) is 5.80. The Morgan fingerprint density at radius 1 is 0.564 bits per heavy atom. The number of likely N-dealkylation sites (N-methyl/N-ethyl adjacent to an activating group) is 1. The highest BCUT2D eigenvalue weighted by Crippen LogP contribution is 2.31. The zero-order valence-electron chi connectivity index (χ0n) is 36.8. The van der Waals surface area contributed by atoms with Gasteiger partial charge in [0.2, 0.25) is 0 Å². The SMILES string of the molecule is CCCCCCCCCCCCCCCCCCCCNc1ccc(C(CN(C)C)OP(=O)=O)c(C(=O)CCCCCCCCCCCCCCCCC)c1. The first-order valence-corrected chi connectivity index (χ1v) is 24.8. The minimum Gasteiger partial charge on any atom is -0.385 e. The fraction of sp³-hybridized carbons (Fsp3) is 0.854. The average Bonchev–Trinajstić information content (AvgIpc) is 3.16. The van der Waals surface area contributed by atoms with Crippen LogP contribution in [0.4, 0.5) is 5.69 Å².